The van der Waals surface area contributed by atoms with E-state index in [2.05, 4.69) is 32.0 Å². The van der Waals surface area contributed by atoms with Crippen LogP contribution in [0.5, 0.6) is 0 Å². The second-order valence-corrected chi connectivity index (χ2v) is 5.75. The van der Waals surface area contributed by atoms with Crippen LogP contribution in [0.25, 0.3) is 11.0 Å². The van der Waals surface area contributed by atoms with E-state index in [1.807, 2.05) is 12.1 Å². The molecule has 0 aliphatic carbocycles. The Hall–Kier alpha value is -1.07. The van der Waals surface area contributed by atoms with E-state index >= 15 is 0 Å². The normalized spacial score (nSPS) is 22.2. The van der Waals surface area contributed by atoms with Crippen molar-refractivity contribution >= 4 is 27.0 Å². The highest BCUT2D eigenvalue weighted by Gasteiger charge is 2.23. The first-order valence-electron chi connectivity index (χ1n) is 6.18. The zero-order chi connectivity index (χ0) is 12.5. The van der Waals surface area contributed by atoms with Gasteiger partial charge >= 0.3 is 5.69 Å². The second-order valence-electron chi connectivity index (χ2n) is 4.76. The van der Waals surface area contributed by atoms with Crippen molar-refractivity contribution in [2.45, 2.75) is 17.7 Å². The lowest BCUT2D eigenvalue weighted by Gasteiger charge is -2.26. The molecule has 2 unspecified atom stereocenters. The maximum absolute atomic E-state index is 11.2. The van der Waals surface area contributed by atoms with E-state index in [4.69, 9.17) is 4.74 Å². The Morgan fingerprint density at radius 1 is 1.33 bits per heavy atom. The number of alkyl halides is 1. The van der Waals surface area contributed by atoms with Gasteiger partial charge in [0.15, 0.2) is 0 Å². The van der Waals surface area contributed by atoms with Crippen molar-refractivity contribution in [3.8, 4) is 0 Å². The van der Waals surface area contributed by atoms with Gasteiger partial charge in [0.05, 0.1) is 17.6 Å². The van der Waals surface area contributed by atoms with Crippen LogP contribution in [0.2, 0.25) is 0 Å². The largest absolute Gasteiger partial charge is 0.381 e. The molecular weight excluding hydrogens is 296 g/mol. The lowest BCUT2D eigenvalue weighted by molar-refractivity contribution is 0.0546. The van der Waals surface area contributed by atoms with Crippen LogP contribution in [0.4, 0.5) is 0 Å². The number of hydrogen-bond donors (Lipinski definition) is 2. The maximum Gasteiger partial charge on any atom is 0.323 e. The highest BCUT2D eigenvalue weighted by molar-refractivity contribution is 9.09. The maximum atomic E-state index is 11.2. The molecule has 0 spiro atoms. The van der Waals surface area contributed by atoms with Crippen LogP contribution in [0.15, 0.2) is 23.0 Å². The third-order valence-corrected chi connectivity index (χ3v) is 4.74. The van der Waals surface area contributed by atoms with Gasteiger partial charge in [0.1, 0.15) is 0 Å². The monoisotopic (exact) mass is 310 g/mol. The van der Waals surface area contributed by atoms with Gasteiger partial charge in [-0.05, 0) is 36.5 Å². The zero-order valence-corrected chi connectivity index (χ0v) is 11.5. The number of nitrogens with one attached hydrogen (secondary N) is 2. The predicted octanol–water partition coefficient (Wildman–Crippen LogP) is 2.72. The molecule has 5 heteroatoms. The first-order chi connectivity index (χ1) is 8.74. The van der Waals surface area contributed by atoms with Crippen LogP contribution in [0, 0.1) is 5.92 Å². The van der Waals surface area contributed by atoms with Crippen molar-refractivity contribution in [2.24, 2.45) is 5.92 Å². The lowest BCUT2D eigenvalue weighted by atomic mass is 9.94. The molecule has 1 aromatic heterocycles. The van der Waals surface area contributed by atoms with Crippen LogP contribution < -0.4 is 5.69 Å². The number of fused-ring (bicyclic) bond motifs is 1. The van der Waals surface area contributed by atoms with E-state index in [1.165, 1.54) is 12.0 Å². The van der Waals surface area contributed by atoms with Crippen molar-refractivity contribution in [1.29, 1.82) is 0 Å². The summed E-state index contributed by atoms with van der Waals surface area (Å²) in [7, 11) is 0. The fourth-order valence-electron chi connectivity index (χ4n) is 2.49. The van der Waals surface area contributed by atoms with Gasteiger partial charge < -0.3 is 14.7 Å². The van der Waals surface area contributed by atoms with Gasteiger partial charge in [-0.2, -0.15) is 0 Å². The van der Waals surface area contributed by atoms with Crippen LogP contribution in [0.1, 0.15) is 23.2 Å². The molecule has 96 valence electrons. The van der Waals surface area contributed by atoms with E-state index in [0.717, 1.165) is 30.7 Å². The van der Waals surface area contributed by atoms with Crippen LogP contribution in [0.3, 0.4) is 0 Å². The summed E-state index contributed by atoms with van der Waals surface area (Å²) in [6.45, 7) is 1.68. The minimum absolute atomic E-state index is 0.158. The fraction of sp³-hybridized carbons (Fsp3) is 0.462. The SMILES string of the molecule is O=c1[nH]c2ccc(C(Br)C3CCCOC3)cc2[nH]1. The van der Waals surface area contributed by atoms with Gasteiger partial charge in [0, 0.05) is 11.4 Å². The summed E-state index contributed by atoms with van der Waals surface area (Å²) in [5, 5.41) is 0. The highest BCUT2D eigenvalue weighted by atomic mass is 79.9. The van der Waals surface area contributed by atoms with Gasteiger partial charge in [0.25, 0.3) is 0 Å². The minimum Gasteiger partial charge on any atom is -0.381 e. The summed E-state index contributed by atoms with van der Waals surface area (Å²) in [4.78, 5) is 17.1. The standard InChI is InChI=1S/C13H15BrN2O2/c14-12(9-2-1-5-18-7-9)8-3-4-10-11(6-8)16-13(17)15-10/h3-4,6,9,12H,1-2,5,7H2,(H2,15,16,17). The molecule has 1 aromatic carbocycles. The van der Waals surface area contributed by atoms with E-state index in [-0.39, 0.29) is 10.5 Å². The molecule has 1 saturated heterocycles. The van der Waals surface area contributed by atoms with E-state index in [9.17, 15) is 4.79 Å². The smallest absolute Gasteiger partial charge is 0.323 e. The molecule has 0 amide bonds. The molecule has 2 heterocycles. The molecular formula is C13H15BrN2O2. The molecule has 1 aliphatic rings. The number of aromatic amines is 2. The van der Waals surface area contributed by atoms with E-state index in [1.54, 1.807) is 0 Å². The van der Waals surface area contributed by atoms with Crippen LogP contribution >= 0.6 is 15.9 Å². The van der Waals surface area contributed by atoms with Crippen LogP contribution in [-0.2, 0) is 4.74 Å². The molecule has 4 nitrogen and oxygen atoms in total. The number of aromatic nitrogens is 2. The number of rotatable bonds is 2. The van der Waals surface area contributed by atoms with Gasteiger partial charge in [-0.3, -0.25) is 0 Å². The molecule has 3 rings (SSSR count). The third kappa shape index (κ3) is 2.24. The summed E-state index contributed by atoms with van der Waals surface area (Å²) in [5.74, 6) is 0.502. The minimum atomic E-state index is -0.158. The predicted molar refractivity (Wildman–Crippen MR) is 74.1 cm³/mol. The van der Waals surface area contributed by atoms with Gasteiger partial charge in [-0.1, -0.05) is 22.0 Å². The Kier molecular flexibility index (Phi) is 3.26. The summed E-state index contributed by atoms with van der Waals surface area (Å²) in [5.41, 5.74) is 2.74. The van der Waals surface area contributed by atoms with Crippen molar-refractivity contribution in [3.05, 3.63) is 34.2 Å². The summed E-state index contributed by atoms with van der Waals surface area (Å²) in [6.07, 6.45) is 2.30. The highest BCUT2D eigenvalue weighted by Crippen LogP contribution is 2.36. The Morgan fingerprint density at radius 2 is 2.17 bits per heavy atom. The Morgan fingerprint density at radius 3 is 2.94 bits per heavy atom. The molecule has 1 fully saturated rings. The summed E-state index contributed by atoms with van der Waals surface area (Å²) < 4.78 is 5.52. The Balaban J connectivity index is 1.90. The third-order valence-electron chi connectivity index (χ3n) is 3.47. The van der Waals surface area contributed by atoms with Crippen molar-refractivity contribution in [2.75, 3.05) is 13.2 Å². The molecule has 0 radical (unpaired) electrons. The molecule has 0 saturated carbocycles. The molecule has 2 aromatic rings. The quantitative estimate of drug-likeness (QED) is 0.838. The first kappa shape index (κ1) is 12.0. The topological polar surface area (TPSA) is 57.9 Å². The van der Waals surface area contributed by atoms with Crippen molar-refractivity contribution < 1.29 is 4.74 Å². The molecule has 2 N–H and O–H groups in total. The molecule has 0 bridgehead atoms. The average Bonchev–Trinajstić information content (AvgIpc) is 2.78. The van der Waals surface area contributed by atoms with Crippen molar-refractivity contribution in [3.63, 3.8) is 0 Å². The zero-order valence-electron chi connectivity index (χ0n) is 9.91. The van der Waals surface area contributed by atoms with E-state index in [0.29, 0.717) is 5.92 Å². The number of H-pyrrole nitrogens is 2. The van der Waals surface area contributed by atoms with Gasteiger partial charge in [0.2, 0.25) is 0 Å². The van der Waals surface area contributed by atoms with Gasteiger partial charge in [-0.15, -0.1) is 0 Å². The number of halogens is 1. The summed E-state index contributed by atoms with van der Waals surface area (Å²) in [6, 6.07) is 6.03. The average molecular weight is 311 g/mol. The molecule has 1 aliphatic heterocycles. The molecule has 18 heavy (non-hydrogen) atoms. The van der Waals surface area contributed by atoms with Crippen molar-refractivity contribution in [1.82, 2.24) is 9.97 Å². The number of ether oxygens (including phenoxy) is 1. The number of hydrogen-bond acceptors (Lipinski definition) is 2. The lowest BCUT2D eigenvalue weighted by Crippen LogP contribution is -2.20. The van der Waals surface area contributed by atoms with Gasteiger partial charge in [-0.25, -0.2) is 4.79 Å². The number of imidazole rings is 1. The fourth-order valence-corrected chi connectivity index (χ4v) is 3.19. The second kappa shape index (κ2) is 4.90. The van der Waals surface area contributed by atoms with Crippen LogP contribution in [-0.4, -0.2) is 23.2 Å². The Bertz CT molecular complexity index is 598. The van der Waals surface area contributed by atoms with E-state index < -0.39 is 0 Å². The summed E-state index contributed by atoms with van der Waals surface area (Å²) >= 11 is 3.76. The first-order valence-corrected chi connectivity index (χ1v) is 7.09. The number of benzene rings is 1. The molecule has 2 atom stereocenters. The Labute approximate surface area is 113 Å².